The highest BCUT2D eigenvalue weighted by atomic mass is 19.1. The number of anilines is 1. The lowest BCUT2D eigenvalue weighted by Crippen LogP contribution is -2.42. The fourth-order valence-electron chi connectivity index (χ4n) is 3.89. The summed E-state index contributed by atoms with van der Waals surface area (Å²) in [7, 11) is 2.90. The van der Waals surface area contributed by atoms with E-state index in [0.29, 0.717) is 17.6 Å². The third kappa shape index (κ3) is 2.41. The average molecular weight is 308 g/mol. The van der Waals surface area contributed by atoms with Crippen molar-refractivity contribution in [2.24, 2.45) is 23.5 Å². The van der Waals surface area contributed by atoms with Gasteiger partial charge in [-0.15, -0.1) is 0 Å². The zero-order chi connectivity index (χ0) is 15.9. The Balaban J connectivity index is 1.79. The molecule has 3 rings (SSSR count). The Bertz CT molecular complexity index is 591. The van der Waals surface area contributed by atoms with E-state index in [-0.39, 0.29) is 29.3 Å². The highest BCUT2D eigenvalue weighted by Gasteiger charge is 2.49. The van der Waals surface area contributed by atoms with Gasteiger partial charge in [-0.1, -0.05) is 0 Å². The first-order chi connectivity index (χ1) is 10.5. The van der Waals surface area contributed by atoms with Gasteiger partial charge in [0.15, 0.2) is 17.3 Å². The monoisotopic (exact) mass is 308 g/mol. The Kier molecular flexibility index (Phi) is 3.95. The molecule has 120 valence electrons. The van der Waals surface area contributed by atoms with Gasteiger partial charge < -0.3 is 20.5 Å². The normalized spacial score (nSPS) is 29.5. The summed E-state index contributed by atoms with van der Waals surface area (Å²) in [6.45, 7) is 0. The van der Waals surface area contributed by atoms with Crippen LogP contribution in [-0.4, -0.2) is 26.2 Å². The quantitative estimate of drug-likeness (QED) is 0.894. The van der Waals surface area contributed by atoms with E-state index in [1.807, 2.05) is 0 Å². The number of nitrogens with one attached hydrogen (secondary N) is 1. The zero-order valence-corrected chi connectivity index (χ0v) is 12.8. The molecule has 2 saturated carbocycles. The SMILES string of the molecule is COc1cc(F)c(NC(=O)C2C3CCC(C3)C2N)cc1OC. The molecule has 1 aromatic carbocycles. The Labute approximate surface area is 129 Å². The fourth-order valence-corrected chi connectivity index (χ4v) is 3.89. The number of halogens is 1. The number of ether oxygens (including phenoxy) is 2. The molecule has 2 aliphatic rings. The van der Waals surface area contributed by atoms with Gasteiger partial charge in [0.25, 0.3) is 0 Å². The summed E-state index contributed by atoms with van der Waals surface area (Å²) in [5, 5.41) is 2.66. The van der Waals surface area contributed by atoms with Gasteiger partial charge in [-0.3, -0.25) is 4.79 Å². The predicted molar refractivity (Wildman–Crippen MR) is 80.4 cm³/mol. The molecule has 3 N–H and O–H groups in total. The minimum atomic E-state index is -0.553. The first kappa shape index (κ1) is 15.1. The number of methoxy groups -OCH3 is 2. The topological polar surface area (TPSA) is 73.6 Å². The lowest BCUT2D eigenvalue weighted by molar-refractivity contribution is -0.121. The van der Waals surface area contributed by atoms with E-state index in [1.165, 1.54) is 26.4 Å². The number of hydrogen-bond acceptors (Lipinski definition) is 4. The van der Waals surface area contributed by atoms with Crippen molar-refractivity contribution in [3.8, 4) is 11.5 Å². The van der Waals surface area contributed by atoms with E-state index in [0.717, 1.165) is 19.3 Å². The second-order valence-electron chi connectivity index (χ2n) is 6.11. The number of fused-ring (bicyclic) bond motifs is 2. The molecule has 4 unspecified atom stereocenters. The highest BCUT2D eigenvalue weighted by molar-refractivity contribution is 5.94. The smallest absolute Gasteiger partial charge is 0.229 e. The minimum Gasteiger partial charge on any atom is -0.493 e. The molecule has 1 aromatic rings. The van der Waals surface area contributed by atoms with Crippen LogP contribution in [0.5, 0.6) is 11.5 Å². The lowest BCUT2D eigenvalue weighted by atomic mass is 9.84. The van der Waals surface area contributed by atoms with Crippen molar-refractivity contribution in [2.45, 2.75) is 25.3 Å². The van der Waals surface area contributed by atoms with Gasteiger partial charge in [0.2, 0.25) is 5.91 Å². The van der Waals surface area contributed by atoms with Crippen molar-refractivity contribution in [1.82, 2.24) is 0 Å². The summed E-state index contributed by atoms with van der Waals surface area (Å²) >= 11 is 0. The fraction of sp³-hybridized carbons (Fsp3) is 0.562. The van der Waals surface area contributed by atoms with Crippen LogP contribution in [0.2, 0.25) is 0 Å². The Hall–Kier alpha value is -1.82. The maximum Gasteiger partial charge on any atom is 0.229 e. The molecule has 5 nitrogen and oxygen atoms in total. The number of nitrogens with two attached hydrogens (primary N) is 1. The molecular weight excluding hydrogens is 287 g/mol. The van der Waals surface area contributed by atoms with Gasteiger partial charge in [0, 0.05) is 18.2 Å². The van der Waals surface area contributed by atoms with Crippen LogP contribution in [0.3, 0.4) is 0 Å². The van der Waals surface area contributed by atoms with Crippen LogP contribution < -0.4 is 20.5 Å². The summed E-state index contributed by atoms with van der Waals surface area (Å²) in [5.41, 5.74) is 6.25. The molecule has 6 heteroatoms. The first-order valence-electron chi connectivity index (χ1n) is 7.53. The van der Waals surface area contributed by atoms with Gasteiger partial charge in [0.05, 0.1) is 25.8 Å². The molecule has 0 saturated heterocycles. The van der Waals surface area contributed by atoms with Crippen LogP contribution in [0.4, 0.5) is 10.1 Å². The largest absolute Gasteiger partial charge is 0.493 e. The van der Waals surface area contributed by atoms with E-state index in [2.05, 4.69) is 5.32 Å². The Morgan fingerprint density at radius 1 is 1.23 bits per heavy atom. The number of carbonyl (C=O) groups is 1. The van der Waals surface area contributed by atoms with Crippen LogP contribution in [0.15, 0.2) is 12.1 Å². The summed E-state index contributed by atoms with van der Waals surface area (Å²) in [4.78, 5) is 12.5. The van der Waals surface area contributed by atoms with Crippen molar-refractivity contribution < 1.29 is 18.7 Å². The first-order valence-corrected chi connectivity index (χ1v) is 7.53. The van der Waals surface area contributed by atoms with Crippen LogP contribution in [0.1, 0.15) is 19.3 Å². The zero-order valence-electron chi connectivity index (χ0n) is 12.8. The van der Waals surface area contributed by atoms with Crippen molar-refractivity contribution in [3.05, 3.63) is 17.9 Å². The highest BCUT2D eigenvalue weighted by Crippen LogP contribution is 2.48. The van der Waals surface area contributed by atoms with Crippen molar-refractivity contribution in [1.29, 1.82) is 0 Å². The van der Waals surface area contributed by atoms with Crippen molar-refractivity contribution in [2.75, 3.05) is 19.5 Å². The van der Waals surface area contributed by atoms with E-state index < -0.39 is 5.82 Å². The number of carbonyl (C=O) groups excluding carboxylic acids is 1. The van der Waals surface area contributed by atoms with Gasteiger partial charge in [0.1, 0.15) is 0 Å². The van der Waals surface area contributed by atoms with Crippen molar-refractivity contribution in [3.63, 3.8) is 0 Å². The van der Waals surface area contributed by atoms with E-state index in [1.54, 1.807) is 0 Å². The van der Waals surface area contributed by atoms with Crippen LogP contribution in [-0.2, 0) is 4.79 Å². The van der Waals surface area contributed by atoms with Crippen LogP contribution in [0.25, 0.3) is 0 Å². The van der Waals surface area contributed by atoms with Crippen LogP contribution >= 0.6 is 0 Å². The summed E-state index contributed by atoms with van der Waals surface area (Å²) in [6.07, 6.45) is 3.14. The summed E-state index contributed by atoms with van der Waals surface area (Å²) < 4.78 is 24.3. The minimum absolute atomic E-state index is 0.0950. The van der Waals surface area contributed by atoms with Crippen molar-refractivity contribution >= 4 is 11.6 Å². The molecule has 0 aromatic heterocycles. The maximum atomic E-state index is 14.1. The molecule has 0 heterocycles. The van der Waals surface area contributed by atoms with E-state index >= 15 is 0 Å². The molecule has 0 spiro atoms. The van der Waals surface area contributed by atoms with E-state index in [9.17, 15) is 9.18 Å². The third-order valence-electron chi connectivity index (χ3n) is 5.01. The molecule has 2 aliphatic carbocycles. The Morgan fingerprint density at radius 3 is 2.45 bits per heavy atom. The molecule has 2 fully saturated rings. The van der Waals surface area contributed by atoms with Gasteiger partial charge in [-0.2, -0.15) is 0 Å². The standard InChI is InChI=1S/C16H21FN2O3/c1-21-12-6-10(17)11(7-13(12)22-2)19-16(20)14-8-3-4-9(5-8)15(14)18/h6-9,14-15H,3-5,18H2,1-2H3,(H,19,20). The van der Waals surface area contributed by atoms with Gasteiger partial charge in [-0.25, -0.2) is 4.39 Å². The molecule has 2 bridgehead atoms. The van der Waals surface area contributed by atoms with Gasteiger partial charge in [-0.05, 0) is 31.1 Å². The Morgan fingerprint density at radius 2 is 1.86 bits per heavy atom. The molecule has 1 amide bonds. The van der Waals surface area contributed by atoms with E-state index in [4.69, 9.17) is 15.2 Å². The molecule has 4 atom stereocenters. The second kappa shape index (κ2) is 5.76. The second-order valence-corrected chi connectivity index (χ2v) is 6.11. The molecule has 22 heavy (non-hydrogen) atoms. The molecular formula is C16H21FN2O3. The molecule has 0 radical (unpaired) electrons. The number of hydrogen-bond donors (Lipinski definition) is 2. The van der Waals surface area contributed by atoms with Gasteiger partial charge >= 0.3 is 0 Å². The van der Waals surface area contributed by atoms with Crippen LogP contribution in [0, 0.1) is 23.6 Å². The third-order valence-corrected chi connectivity index (χ3v) is 5.01. The summed E-state index contributed by atoms with van der Waals surface area (Å²) in [6, 6.07) is 2.52. The molecule has 0 aliphatic heterocycles. The number of amides is 1. The maximum absolute atomic E-state index is 14.1. The summed E-state index contributed by atoms with van der Waals surface area (Å²) in [5.74, 6) is 0.421. The number of rotatable bonds is 4. The number of benzene rings is 1. The predicted octanol–water partition coefficient (Wildman–Crippen LogP) is 2.15. The lowest BCUT2D eigenvalue weighted by Gasteiger charge is -2.27. The average Bonchev–Trinajstić information content (AvgIpc) is 3.09.